The Bertz CT molecular complexity index is 308. The summed E-state index contributed by atoms with van der Waals surface area (Å²) >= 11 is 0. The van der Waals surface area contributed by atoms with Crippen molar-refractivity contribution >= 4 is 0 Å². The summed E-state index contributed by atoms with van der Waals surface area (Å²) in [5.41, 5.74) is 0. The van der Waals surface area contributed by atoms with E-state index in [1.807, 2.05) is 12.1 Å². The first kappa shape index (κ1) is 10.3. The van der Waals surface area contributed by atoms with Crippen LogP contribution in [0.25, 0.3) is 0 Å². The summed E-state index contributed by atoms with van der Waals surface area (Å²) in [6.07, 6.45) is 8.36. The predicted molar refractivity (Wildman–Crippen MR) is 58.3 cm³/mol. The normalized spacial score (nSPS) is 17.4. The van der Waals surface area contributed by atoms with Gasteiger partial charge in [-0.05, 0) is 31.7 Å². The zero-order valence-electron chi connectivity index (χ0n) is 9.11. The van der Waals surface area contributed by atoms with Crippen molar-refractivity contribution in [2.75, 3.05) is 7.11 Å². The van der Waals surface area contributed by atoms with Gasteiger partial charge in [0.15, 0.2) is 0 Å². The van der Waals surface area contributed by atoms with Crippen LogP contribution in [0.5, 0.6) is 11.6 Å². The number of hydrogen-bond donors (Lipinski definition) is 0. The van der Waals surface area contributed by atoms with Crippen LogP contribution >= 0.6 is 0 Å². The van der Waals surface area contributed by atoms with Gasteiger partial charge >= 0.3 is 0 Å². The molecule has 1 saturated carbocycles. The van der Waals surface area contributed by atoms with Crippen LogP contribution in [0, 0.1) is 0 Å². The first-order chi connectivity index (χ1) is 7.38. The molecular weight excluding hydrogens is 190 g/mol. The lowest BCUT2D eigenvalue weighted by Gasteiger charge is -2.22. The van der Waals surface area contributed by atoms with Gasteiger partial charge in [0, 0.05) is 12.3 Å². The number of rotatable bonds is 3. The Labute approximate surface area is 90.4 Å². The smallest absolute Gasteiger partial charge is 0.216 e. The number of nitrogens with zero attached hydrogens (tertiary/aromatic N) is 1. The zero-order chi connectivity index (χ0) is 10.5. The number of ether oxygens (including phenoxy) is 2. The Morgan fingerprint density at radius 1 is 1.27 bits per heavy atom. The molecule has 1 fully saturated rings. The van der Waals surface area contributed by atoms with Crippen molar-refractivity contribution in [2.24, 2.45) is 0 Å². The van der Waals surface area contributed by atoms with E-state index in [-0.39, 0.29) is 0 Å². The monoisotopic (exact) mass is 207 g/mol. The Hall–Kier alpha value is -1.25. The minimum atomic E-state index is 0.380. The lowest BCUT2D eigenvalue weighted by atomic mass is 9.98. The molecule has 2 rings (SSSR count). The van der Waals surface area contributed by atoms with Crippen molar-refractivity contribution in [3.05, 3.63) is 18.3 Å². The van der Waals surface area contributed by atoms with E-state index in [1.54, 1.807) is 13.3 Å². The molecule has 1 aliphatic carbocycles. The fourth-order valence-corrected chi connectivity index (χ4v) is 1.95. The molecule has 0 spiro atoms. The topological polar surface area (TPSA) is 31.4 Å². The molecule has 1 aromatic rings. The largest absolute Gasteiger partial charge is 0.490 e. The van der Waals surface area contributed by atoms with E-state index < -0.39 is 0 Å². The highest BCUT2D eigenvalue weighted by Gasteiger charge is 2.14. The van der Waals surface area contributed by atoms with Crippen LogP contribution in [-0.2, 0) is 0 Å². The molecule has 1 aliphatic rings. The van der Waals surface area contributed by atoms with Crippen LogP contribution in [0.1, 0.15) is 32.1 Å². The van der Waals surface area contributed by atoms with E-state index in [9.17, 15) is 0 Å². The molecule has 0 aliphatic heterocycles. The summed E-state index contributed by atoms with van der Waals surface area (Å²) in [5, 5.41) is 0. The van der Waals surface area contributed by atoms with Gasteiger partial charge in [-0.15, -0.1) is 0 Å². The molecule has 15 heavy (non-hydrogen) atoms. The summed E-state index contributed by atoms with van der Waals surface area (Å²) in [6.45, 7) is 0. The van der Waals surface area contributed by atoms with E-state index >= 15 is 0 Å². The van der Waals surface area contributed by atoms with Crippen LogP contribution in [-0.4, -0.2) is 18.2 Å². The molecule has 82 valence electrons. The van der Waals surface area contributed by atoms with Gasteiger partial charge in [0.25, 0.3) is 0 Å². The van der Waals surface area contributed by atoms with Crippen LogP contribution in [0.15, 0.2) is 18.3 Å². The average molecular weight is 207 g/mol. The van der Waals surface area contributed by atoms with Gasteiger partial charge in [0.05, 0.1) is 13.2 Å². The third-order valence-corrected chi connectivity index (χ3v) is 2.77. The third-order valence-electron chi connectivity index (χ3n) is 2.77. The molecule has 0 N–H and O–H groups in total. The quantitative estimate of drug-likeness (QED) is 0.763. The van der Waals surface area contributed by atoms with E-state index in [4.69, 9.17) is 9.47 Å². The second kappa shape index (κ2) is 5.01. The van der Waals surface area contributed by atoms with Gasteiger partial charge < -0.3 is 9.47 Å². The van der Waals surface area contributed by atoms with E-state index in [2.05, 4.69) is 4.98 Å². The number of methoxy groups -OCH3 is 1. The molecule has 1 heterocycles. The van der Waals surface area contributed by atoms with Crippen molar-refractivity contribution in [3.8, 4) is 11.6 Å². The van der Waals surface area contributed by atoms with Gasteiger partial charge in [-0.3, -0.25) is 0 Å². The fourth-order valence-electron chi connectivity index (χ4n) is 1.95. The molecule has 3 nitrogen and oxygen atoms in total. The van der Waals surface area contributed by atoms with Crippen molar-refractivity contribution < 1.29 is 9.47 Å². The molecule has 0 amide bonds. The molecule has 0 bridgehead atoms. The van der Waals surface area contributed by atoms with Crippen molar-refractivity contribution in [1.82, 2.24) is 4.98 Å². The highest BCUT2D eigenvalue weighted by atomic mass is 16.5. The maximum absolute atomic E-state index is 5.88. The Balaban J connectivity index is 1.96. The number of aromatic nitrogens is 1. The maximum Gasteiger partial charge on any atom is 0.216 e. The SMILES string of the molecule is COc1cc(OC2CCCCC2)ccn1. The number of hydrogen-bond acceptors (Lipinski definition) is 3. The van der Waals surface area contributed by atoms with E-state index in [0.29, 0.717) is 12.0 Å². The molecule has 0 saturated heterocycles. The first-order valence-electron chi connectivity index (χ1n) is 5.55. The van der Waals surface area contributed by atoms with E-state index in [1.165, 1.54) is 32.1 Å². The standard InChI is InChI=1S/C12H17NO2/c1-14-12-9-11(7-8-13-12)15-10-5-3-2-4-6-10/h7-10H,2-6H2,1H3. The van der Waals surface area contributed by atoms with Gasteiger partial charge in [0.2, 0.25) is 5.88 Å². The fraction of sp³-hybridized carbons (Fsp3) is 0.583. The average Bonchev–Trinajstić information content (AvgIpc) is 2.31. The predicted octanol–water partition coefficient (Wildman–Crippen LogP) is 2.80. The Kier molecular flexibility index (Phi) is 3.43. The minimum absolute atomic E-state index is 0.380. The molecular formula is C12H17NO2. The second-order valence-corrected chi connectivity index (χ2v) is 3.91. The van der Waals surface area contributed by atoms with E-state index in [0.717, 1.165) is 5.75 Å². The Morgan fingerprint density at radius 2 is 2.07 bits per heavy atom. The first-order valence-corrected chi connectivity index (χ1v) is 5.55. The van der Waals surface area contributed by atoms with Gasteiger partial charge in [0.1, 0.15) is 5.75 Å². The van der Waals surface area contributed by atoms with Gasteiger partial charge in [-0.25, -0.2) is 4.98 Å². The highest BCUT2D eigenvalue weighted by Crippen LogP contribution is 2.24. The summed E-state index contributed by atoms with van der Waals surface area (Å²) in [7, 11) is 1.62. The summed E-state index contributed by atoms with van der Waals surface area (Å²) in [4.78, 5) is 4.05. The second-order valence-electron chi connectivity index (χ2n) is 3.91. The molecule has 3 heteroatoms. The molecule has 1 aromatic heterocycles. The summed E-state index contributed by atoms with van der Waals surface area (Å²) in [6, 6.07) is 3.73. The minimum Gasteiger partial charge on any atom is -0.490 e. The van der Waals surface area contributed by atoms with Gasteiger partial charge in [-0.2, -0.15) is 0 Å². The molecule has 0 atom stereocenters. The van der Waals surface area contributed by atoms with Crippen LogP contribution in [0.3, 0.4) is 0 Å². The zero-order valence-corrected chi connectivity index (χ0v) is 9.11. The van der Waals surface area contributed by atoms with Crippen molar-refractivity contribution in [1.29, 1.82) is 0 Å². The van der Waals surface area contributed by atoms with Crippen molar-refractivity contribution in [2.45, 2.75) is 38.2 Å². The molecule has 0 radical (unpaired) electrons. The lowest BCUT2D eigenvalue weighted by molar-refractivity contribution is 0.154. The summed E-state index contributed by atoms with van der Waals surface area (Å²) in [5.74, 6) is 1.48. The van der Waals surface area contributed by atoms with Crippen molar-refractivity contribution in [3.63, 3.8) is 0 Å². The highest BCUT2D eigenvalue weighted by molar-refractivity contribution is 5.26. The molecule has 0 aromatic carbocycles. The van der Waals surface area contributed by atoms with Crippen LogP contribution in [0.2, 0.25) is 0 Å². The third kappa shape index (κ3) is 2.85. The van der Waals surface area contributed by atoms with Crippen LogP contribution in [0.4, 0.5) is 0 Å². The molecule has 0 unspecified atom stereocenters. The maximum atomic E-state index is 5.88. The lowest BCUT2D eigenvalue weighted by Crippen LogP contribution is -2.19. The summed E-state index contributed by atoms with van der Waals surface area (Å²) < 4.78 is 10.9. The van der Waals surface area contributed by atoms with Gasteiger partial charge in [-0.1, -0.05) is 6.42 Å². The Morgan fingerprint density at radius 3 is 2.80 bits per heavy atom. The van der Waals surface area contributed by atoms with Crippen LogP contribution < -0.4 is 9.47 Å². The number of pyridine rings is 1.